The van der Waals surface area contributed by atoms with Gasteiger partial charge in [0.15, 0.2) is 0 Å². The Morgan fingerprint density at radius 2 is 2.42 bits per heavy atom. The maximum absolute atomic E-state index is 11.3. The molecule has 0 spiro atoms. The summed E-state index contributed by atoms with van der Waals surface area (Å²) < 4.78 is 3.50. The molecule has 1 aromatic rings. The molecule has 2 rings (SSSR count). The second-order valence-corrected chi connectivity index (χ2v) is 3.51. The summed E-state index contributed by atoms with van der Waals surface area (Å²) in [6.45, 7) is 0. The number of anilines is 1. The zero-order valence-electron chi connectivity index (χ0n) is 6.15. The minimum atomic E-state index is -0.661. The zero-order valence-corrected chi connectivity index (χ0v) is 6.97. The standard InChI is InChI=1S/C5H7N5OS/c6-5(1-2-5)3(11)7-4-8-9-10-12-4/h1-2,6H2,(H,7,8,10,11). The van der Waals surface area contributed by atoms with E-state index in [1.807, 2.05) is 0 Å². The molecule has 1 fully saturated rings. The van der Waals surface area contributed by atoms with Crippen LogP contribution in [0.3, 0.4) is 0 Å². The van der Waals surface area contributed by atoms with E-state index in [9.17, 15) is 4.79 Å². The van der Waals surface area contributed by atoms with Crippen LogP contribution in [0.4, 0.5) is 5.13 Å². The predicted molar refractivity (Wildman–Crippen MR) is 42.5 cm³/mol. The molecule has 0 bridgehead atoms. The highest BCUT2D eigenvalue weighted by atomic mass is 32.1. The van der Waals surface area contributed by atoms with Crippen molar-refractivity contribution in [2.75, 3.05) is 5.32 Å². The van der Waals surface area contributed by atoms with Crippen LogP contribution in [0.15, 0.2) is 0 Å². The van der Waals surface area contributed by atoms with Crippen LogP contribution in [0.5, 0.6) is 0 Å². The average molecular weight is 185 g/mol. The van der Waals surface area contributed by atoms with Crippen molar-refractivity contribution in [2.24, 2.45) is 5.73 Å². The minimum Gasteiger partial charge on any atom is -0.317 e. The van der Waals surface area contributed by atoms with Crippen LogP contribution in [0, 0.1) is 0 Å². The molecule has 0 saturated heterocycles. The molecule has 0 radical (unpaired) electrons. The van der Waals surface area contributed by atoms with Crippen molar-refractivity contribution in [1.82, 2.24) is 14.8 Å². The van der Waals surface area contributed by atoms with Gasteiger partial charge in [0, 0.05) is 11.5 Å². The topological polar surface area (TPSA) is 93.8 Å². The van der Waals surface area contributed by atoms with Crippen molar-refractivity contribution in [3.63, 3.8) is 0 Å². The third kappa shape index (κ3) is 1.28. The normalized spacial score (nSPS) is 18.8. The molecule has 6 nitrogen and oxygen atoms in total. The fourth-order valence-corrected chi connectivity index (χ4v) is 1.13. The molecule has 64 valence electrons. The Morgan fingerprint density at radius 3 is 2.92 bits per heavy atom. The van der Waals surface area contributed by atoms with Crippen molar-refractivity contribution >= 4 is 22.6 Å². The van der Waals surface area contributed by atoms with Crippen LogP contribution in [0.2, 0.25) is 0 Å². The molecule has 1 heterocycles. The number of rotatable bonds is 2. The molecule has 0 atom stereocenters. The molecule has 12 heavy (non-hydrogen) atoms. The van der Waals surface area contributed by atoms with Gasteiger partial charge >= 0.3 is 0 Å². The molecule has 1 amide bonds. The van der Waals surface area contributed by atoms with E-state index < -0.39 is 5.54 Å². The first-order chi connectivity index (χ1) is 5.71. The molecule has 0 aromatic carbocycles. The number of hydrogen-bond donors (Lipinski definition) is 2. The fraction of sp³-hybridized carbons (Fsp3) is 0.600. The fourth-order valence-electron chi connectivity index (χ4n) is 0.765. The lowest BCUT2D eigenvalue weighted by Gasteiger charge is -2.05. The maximum Gasteiger partial charge on any atom is 0.246 e. The van der Waals surface area contributed by atoms with E-state index in [0.29, 0.717) is 5.13 Å². The highest BCUT2D eigenvalue weighted by Gasteiger charge is 2.46. The number of nitrogens with two attached hydrogens (primary N) is 1. The number of nitrogens with zero attached hydrogens (tertiary/aromatic N) is 3. The first-order valence-corrected chi connectivity index (χ1v) is 4.23. The van der Waals surface area contributed by atoms with Crippen molar-refractivity contribution < 1.29 is 4.79 Å². The van der Waals surface area contributed by atoms with Crippen LogP contribution in [0.25, 0.3) is 0 Å². The molecular weight excluding hydrogens is 178 g/mol. The van der Waals surface area contributed by atoms with Gasteiger partial charge in [-0.15, -0.1) is 0 Å². The van der Waals surface area contributed by atoms with Gasteiger partial charge in [0.05, 0.1) is 5.54 Å². The van der Waals surface area contributed by atoms with E-state index in [0.717, 1.165) is 24.4 Å². The van der Waals surface area contributed by atoms with Gasteiger partial charge in [0.25, 0.3) is 0 Å². The summed E-state index contributed by atoms with van der Waals surface area (Å²) in [6, 6.07) is 0. The van der Waals surface area contributed by atoms with E-state index in [1.165, 1.54) is 0 Å². The first kappa shape index (κ1) is 7.56. The minimum absolute atomic E-state index is 0.193. The monoisotopic (exact) mass is 185 g/mol. The molecule has 7 heteroatoms. The number of aromatic nitrogens is 3. The van der Waals surface area contributed by atoms with E-state index in [4.69, 9.17) is 5.73 Å². The van der Waals surface area contributed by atoms with E-state index in [1.54, 1.807) is 0 Å². The summed E-state index contributed by atoms with van der Waals surface area (Å²) in [5, 5.41) is 9.85. The van der Waals surface area contributed by atoms with Gasteiger partial charge in [-0.25, -0.2) is 0 Å². The van der Waals surface area contributed by atoms with Crippen LogP contribution >= 0.6 is 11.5 Å². The largest absolute Gasteiger partial charge is 0.317 e. The van der Waals surface area contributed by atoms with Crippen LogP contribution < -0.4 is 11.1 Å². The number of carbonyl (C=O) groups excluding carboxylic acids is 1. The molecular formula is C5H7N5OS. The second-order valence-electron chi connectivity index (χ2n) is 2.78. The molecule has 1 aromatic heterocycles. The van der Waals surface area contributed by atoms with Crippen molar-refractivity contribution in [3.05, 3.63) is 0 Å². The lowest BCUT2D eigenvalue weighted by molar-refractivity contribution is -0.118. The van der Waals surface area contributed by atoms with Gasteiger partial charge in [0.2, 0.25) is 11.0 Å². The summed E-state index contributed by atoms with van der Waals surface area (Å²) in [4.78, 5) is 11.3. The third-order valence-electron chi connectivity index (χ3n) is 1.76. The Kier molecular flexibility index (Phi) is 1.55. The zero-order chi connectivity index (χ0) is 8.60. The highest BCUT2D eigenvalue weighted by molar-refractivity contribution is 7.09. The number of nitrogens with one attached hydrogen (secondary N) is 1. The molecule has 1 saturated carbocycles. The molecule has 3 N–H and O–H groups in total. The quantitative estimate of drug-likeness (QED) is 0.639. The van der Waals surface area contributed by atoms with Gasteiger partial charge in [-0.05, 0) is 18.1 Å². The molecule has 0 unspecified atom stereocenters. The average Bonchev–Trinajstić information content (AvgIpc) is 2.63. The predicted octanol–water partition coefficient (Wildman–Crippen LogP) is -0.637. The van der Waals surface area contributed by atoms with Gasteiger partial charge in [-0.1, -0.05) is 9.59 Å². The van der Waals surface area contributed by atoms with Crippen molar-refractivity contribution in [1.29, 1.82) is 0 Å². The molecule has 1 aliphatic carbocycles. The Labute approximate surface area is 72.3 Å². The van der Waals surface area contributed by atoms with E-state index in [-0.39, 0.29) is 5.91 Å². The Bertz CT molecular complexity index is 293. The van der Waals surface area contributed by atoms with Gasteiger partial charge in [-0.2, -0.15) is 0 Å². The van der Waals surface area contributed by atoms with E-state index >= 15 is 0 Å². The Morgan fingerprint density at radius 1 is 1.67 bits per heavy atom. The summed E-state index contributed by atoms with van der Waals surface area (Å²) in [6.07, 6.45) is 1.48. The van der Waals surface area contributed by atoms with E-state index in [2.05, 4.69) is 20.1 Å². The summed E-state index contributed by atoms with van der Waals surface area (Å²) in [5.74, 6) is -0.193. The Balaban J connectivity index is 2.00. The number of carbonyl (C=O) groups is 1. The lowest BCUT2D eigenvalue weighted by atomic mass is 10.3. The van der Waals surface area contributed by atoms with Crippen molar-refractivity contribution in [2.45, 2.75) is 18.4 Å². The molecule has 1 aliphatic rings. The van der Waals surface area contributed by atoms with Crippen LogP contribution in [0.1, 0.15) is 12.8 Å². The SMILES string of the molecule is NC1(C(=O)Nc2nnns2)CC1. The smallest absolute Gasteiger partial charge is 0.246 e. The summed E-state index contributed by atoms with van der Waals surface area (Å²) >= 11 is 1.04. The van der Waals surface area contributed by atoms with Crippen LogP contribution in [-0.2, 0) is 4.79 Å². The molecule has 0 aliphatic heterocycles. The maximum atomic E-state index is 11.3. The Hall–Kier alpha value is -1.08. The van der Waals surface area contributed by atoms with Crippen molar-refractivity contribution in [3.8, 4) is 0 Å². The second kappa shape index (κ2) is 2.46. The third-order valence-corrected chi connectivity index (χ3v) is 2.27. The lowest BCUT2D eigenvalue weighted by Crippen LogP contribution is -2.37. The van der Waals surface area contributed by atoms with Gasteiger partial charge in [0.1, 0.15) is 0 Å². The van der Waals surface area contributed by atoms with Gasteiger partial charge < -0.3 is 5.73 Å². The number of amides is 1. The summed E-state index contributed by atoms with van der Waals surface area (Å²) in [5.41, 5.74) is 4.97. The highest BCUT2D eigenvalue weighted by Crippen LogP contribution is 2.33. The van der Waals surface area contributed by atoms with Gasteiger partial charge in [-0.3, -0.25) is 10.1 Å². The summed E-state index contributed by atoms with van der Waals surface area (Å²) in [7, 11) is 0. The number of hydrogen-bond acceptors (Lipinski definition) is 6. The first-order valence-electron chi connectivity index (χ1n) is 3.46. The van der Waals surface area contributed by atoms with Crippen LogP contribution in [-0.4, -0.2) is 26.2 Å².